The zero-order valence-electron chi connectivity index (χ0n) is 12.5. The third-order valence-electron chi connectivity index (χ3n) is 3.92. The van der Waals surface area contributed by atoms with E-state index >= 15 is 0 Å². The van der Waals surface area contributed by atoms with Gasteiger partial charge in [0.25, 0.3) is 11.8 Å². The molecule has 3 rings (SSSR count). The summed E-state index contributed by atoms with van der Waals surface area (Å²) in [5.41, 5.74) is 0.520. The van der Waals surface area contributed by atoms with E-state index in [9.17, 15) is 19.6 Å². The van der Waals surface area contributed by atoms with Gasteiger partial charge in [-0.3, -0.25) is 9.59 Å². The van der Waals surface area contributed by atoms with Gasteiger partial charge in [0.1, 0.15) is 0 Å². The second kappa shape index (κ2) is 6.14. The molecule has 2 heterocycles. The van der Waals surface area contributed by atoms with Crippen molar-refractivity contribution in [3.05, 3.63) is 40.6 Å². The van der Waals surface area contributed by atoms with Crippen molar-refractivity contribution in [3.8, 4) is 0 Å². The van der Waals surface area contributed by atoms with Gasteiger partial charge in [-0.25, -0.2) is 9.69 Å². The number of carboxylic acid groups (broad SMARTS) is 1. The lowest BCUT2D eigenvalue weighted by molar-refractivity contribution is -0.712. The Labute approximate surface area is 136 Å². The van der Waals surface area contributed by atoms with E-state index in [1.54, 1.807) is 12.1 Å². The van der Waals surface area contributed by atoms with Crippen molar-refractivity contribution in [3.63, 3.8) is 0 Å². The standard InChI is InChI=1S/C14H14N4O6/c19-12-9-4-1-2-5-10(9)13(20)16(12)8-24-15-18(23)17-7-3-6-11(17)14(21)22/h1-2,4-5,11H,3,6-8H2,(H,21,22)/b18-15-/t11-/m0/s1. The quantitative estimate of drug-likeness (QED) is 0.361. The van der Waals surface area contributed by atoms with Crippen LogP contribution in [-0.4, -0.2) is 57.1 Å². The number of amides is 2. The molecular formula is C14H14N4O6. The van der Waals surface area contributed by atoms with E-state index in [1.807, 2.05) is 0 Å². The molecule has 1 aromatic rings. The van der Waals surface area contributed by atoms with E-state index in [-0.39, 0.29) is 22.6 Å². The number of aliphatic carboxylic acids is 1. The van der Waals surface area contributed by atoms with Crippen LogP contribution in [0.4, 0.5) is 0 Å². The highest BCUT2D eigenvalue weighted by molar-refractivity contribution is 6.21. The SMILES string of the molecule is O=C(O)[C@@H]1CCCN1/[N+]([O-])=N/OCN1C(=O)c2ccccc2C1=O. The highest BCUT2D eigenvalue weighted by atomic mass is 16.7. The van der Waals surface area contributed by atoms with Gasteiger partial charge in [0, 0.05) is 0 Å². The molecule has 10 nitrogen and oxygen atoms in total. The molecule has 10 heteroatoms. The Hall–Kier alpha value is -3.17. The maximum absolute atomic E-state index is 12.1. The first-order valence-electron chi connectivity index (χ1n) is 7.25. The van der Waals surface area contributed by atoms with Crippen molar-refractivity contribution < 1.29 is 29.3 Å². The van der Waals surface area contributed by atoms with Crippen molar-refractivity contribution in [1.29, 1.82) is 0 Å². The van der Waals surface area contributed by atoms with Gasteiger partial charge in [0.2, 0.25) is 12.0 Å². The number of hydrogen-bond donors (Lipinski definition) is 1. The van der Waals surface area contributed by atoms with Crippen LogP contribution in [0.5, 0.6) is 0 Å². The zero-order valence-corrected chi connectivity index (χ0v) is 12.5. The molecule has 0 aromatic heterocycles. The van der Waals surface area contributed by atoms with Crippen LogP contribution in [0.1, 0.15) is 33.6 Å². The summed E-state index contributed by atoms with van der Waals surface area (Å²) in [5, 5.41) is 25.1. The van der Waals surface area contributed by atoms with Crippen LogP contribution < -0.4 is 0 Å². The zero-order chi connectivity index (χ0) is 17.3. The van der Waals surface area contributed by atoms with Crippen molar-refractivity contribution in [1.82, 2.24) is 9.91 Å². The molecule has 24 heavy (non-hydrogen) atoms. The average molecular weight is 334 g/mol. The number of fused-ring (bicyclic) bond motifs is 1. The molecule has 1 atom stereocenters. The number of imide groups is 1. The second-order valence-electron chi connectivity index (χ2n) is 5.34. The Balaban J connectivity index is 1.64. The Morgan fingerprint density at radius 2 is 1.96 bits per heavy atom. The van der Waals surface area contributed by atoms with Gasteiger partial charge in [0.15, 0.2) is 6.04 Å². The van der Waals surface area contributed by atoms with Gasteiger partial charge in [-0.05, 0) is 25.0 Å². The van der Waals surface area contributed by atoms with Crippen molar-refractivity contribution in [2.24, 2.45) is 5.28 Å². The molecule has 0 spiro atoms. The molecule has 0 saturated carbocycles. The number of rotatable bonds is 5. The summed E-state index contributed by atoms with van der Waals surface area (Å²) >= 11 is 0. The highest BCUT2D eigenvalue weighted by Gasteiger charge is 2.38. The number of hydrazine groups is 1. The Morgan fingerprint density at radius 3 is 2.54 bits per heavy atom. The summed E-state index contributed by atoms with van der Waals surface area (Å²) < 4.78 is 0. The first kappa shape index (κ1) is 15.7. The summed E-state index contributed by atoms with van der Waals surface area (Å²) in [6.07, 6.45) is 0.881. The lowest BCUT2D eigenvalue weighted by Crippen LogP contribution is -2.40. The minimum absolute atomic E-state index is 0.0456. The molecule has 0 bridgehead atoms. The summed E-state index contributed by atoms with van der Waals surface area (Å²) in [6.45, 7) is -0.295. The Bertz CT molecular complexity index is 699. The Kier molecular flexibility index (Phi) is 4.02. The van der Waals surface area contributed by atoms with Gasteiger partial charge in [-0.15, -0.1) is 5.01 Å². The van der Waals surface area contributed by atoms with E-state index < -0.39 is 30.6 Å². The molecule has 0 aliphatic carbocycles. The molecule has 0 unspecified atom stereocenters. The van der Waals surface area contributed by atoms with E-state index in [4.69, 9.17) is 9.94 Å². The molecular weight excluding hydrogens is 320 g/mol. The smallest absolute Gasteiger partial charge is 0.332 e. The van der Waals surface area contributed by atoms with E-state index in [0.29, 0.717) is 12.8 Å². The minimum Gasteiger partial charge on any atom is -0.569 e. The number of carbonyl (C=O) groups excluding carboxylic acids is 2. The largest absolute Gasteiger partial charge is 0.569 e. The van der Waals surface area contributed by atoms with Crippen LogP contribution in [0.2, 0.25) is 0 Å². The van der Waals surface area contributed by atoms with Gasteiger partial charge in [0.05, 0.1) is 22.6 Å². The molecule has 2 aliphatic heterocycles. The third-order valence-corrected chi connectivity index (χ3v) is 3.92. The van der Waals surface area contributed by atoms with E-state index in [0.717, 1.165) is 9.91 Å². The number of nitrogens with zero attached hydrogens (tertiary/aromatic N) is 4. The summed E-state index contributed by atoms with van der Waals surface area (Å²) in [5.74, 6) is -2.19. The first-order valence-corrected chi connectivity index (χ1v) is 7.25. The molecule has 126 valence electrons. The van der Waals surface area contributed by atoms with Crippen LogP contribution in [-0.2, 0) is 9.63 Å². The number of carboxylic acids is 1. The normalized spacial score (nSPS) is 20.5. The van der Waals surface area contributed by atoms with Crippen LogP contribution in [0.15, 0.2) is 29.5 Å². The summed E-state index contributed by atoms with van der Waals surface area (Å²) in [4.78, 5) is 40.8. The lowest BCUT2D eigenvalue weighted by atomic mass is 10.1. The number of hydrogen-bond acceptors (Lipinski definition) is 6. The summed E-state index contributed by atoms with van der Waals surface area (Å²) in [6, 6.07) is 5.35. The van der Waals surface area contributed by atoms with Crippen LogP contribution in [0.25, 0.3) is 0 Å². The van der Waals surface area contributed by atoms with Crippen LogP contribution in [0.3, 0.4) is 0 Å². The molecule has 2 amide bonds. The monoisotopic (exact) mass is 334 g/mol. The third kappa shape index (κ3) is 2.62. The highest BCUT2D eigenvalue weighted by Crippen LogP contribution is 2.22. The van der Waals surface area contributed by atoms with E-state index in [2.05, 4.69) is 5.28 Å². The average Bonchev–Trinajstić information content (AvgIpc) is 3.15. The fraction of sp³-hybridized carbons (Fsp3) is 0.357. The molecule has 0 radical (unpaired) electrons. The van der Waals surface area contributed by atoms with Gasteiger partial charge >= 0.3 is 5.97 Å². The van der Waals surface area contributed by atoms with Gasteiger partial charge in [-0.2, -0.15) is 0 Å². The maximum Gasteiger partial charge on any atom is 0.332 e. The van der Waals surface area contributed by atoms with Gasteiger partial charge < -0.3 is 15.2 Å². The maximum atomic E-state index is 12.1. The number of carbonyl (C=O) groups is 3. The summed E-state index contributed by atoms with van der Waals surface area (Å²) in [7, 11) is 0. The van der Waals surface area contributed by atoms with Crippen LogP contribution >= 0.6 is 0 Å². The molecule has 1 N–H and O–H groups in total. The van der Waals surface area contributed by atoms with Crippen molar-refractivity contribution >= 4 is 17.8 Å². The number of benzene rings is 1. The van der Waals surface area contributed by atoms with Crippen molar-refractivity contribution in [2.45, 2.75) is 18.9 Å². The van der Waals surface area contributed by atoms with E-state index in [1.165, 1.54) is 12.1 Å². The minimum atomic E-state index is -1.12. The molecule has 1 saturated heterocycles. The molecule has 1 aromatic carbocycles. The molecule has 2 aliphatic rings. The first-order chi connectivity index (χ1) is 11.5. The predicted molar refractivity (Wildman–Crippen MR) is 76.3 cm³/mol. The lowest BCUT2D eigenvalue weighted by Gasteiger charge is -2.16. The molecule has 1 fully saturated rings. The predicted octanol–water partition coefficient (Wildman–Crippen LogP) is 0.598. The fourth-order valence-electron chi connectivity index (χ4n) is 2.74. The van der Waals surface area contributed by atoms with Crippen molar-refractivity contribution in [2.75, 3.05) is 13.3 Å². The second-order valence-corrected chi connectivity index (χ2v) is 5.34. The fourth-order valence-corrected chi connectivity index (χ4v) is 2.74. The topological polar surface area (TPSA) is 126 Å². The Morgan fingerprint density at radius 1 is 1.33 bits per heavy atom. The van der Waals surface area contributed by atoms with Crippen LogP contribution in [0, 0.1) is 5.21 Å². The van der Waals surface area contributed by atoms with Gasteiger partial charge in [-0.1, -0.05) is 12.1 Å².